The van der Waals surface area contributed by atoms with Gasteiger partial charge in [0.2, 0.25) is 0 Å². The molecule has 2 aromatic heterocycles. The summed E-state index contributed by atoms with van der Waals surface area (Å²) in [6, 6.07) is 16.3. The number of ether oxygens (including phenoxy) is 1. The van der Waals surface area contributed by atoms with E-state index in [4.69, 9.17) is 9.15 Å². The highest BCUT2D eigenvalue weighted by atomic mass is 16.6. The Labute approximate surface area is 194 Å². The van der Waals surface area contributed by atoms with Crippen LogP contribution in [-0.2, 0) is 0 Å². The van der Waals surface area contributed by atoms with Gasteiger partial charge in [0.25, 0.3) is 5.91 Å². The summed E-state index contributed by atoms with van der Waals surface area (Å²) in [4.78, 5) is 29.8. The molecule has 2 N–H and O–H groups in total. The zero-order chi connectivity index (χ0) is 23.8. The first kappa shape index (κ1) is 21.9. The van der Waals surface area contributed by atoms with Crippen molar-refractivity contribution in [3.8, 4) is 5.75 Å². The van der Waals surface area contributed by atoms with Crippen LogP contribution in [-0.4, -0.2) is 69.2 Å². The lowest BCUT2D eigenvalue weighted by molar-refractivity contribution is -0.402. The molecule has 34 heavy (non-hydrogen) atoms. The lowest BCUT2D eigenvalue weighted by Crippen LogP contribution is -2.56. The number of hydrogen-bond acceptors (Lipinski definition) is 7. The zero-order valence-corrected chi connectivity index (χ0v) is 18.5. The van der Waals surface area contributed by atoms with Crippen molar-refractivity contribution >= 4 is 33.6 Å². The van der Waals surface area contributed by atoms with Crippen LogP contribution < -0.4 is 4.74 Å². The quantitative estimate of drug-likeness (QED) is 0.331. The first-order chi connectivity index (χ1) is 16.4. The van der Waals surface area contributed by atoms with Crippen molar-refractivity contribution in [3.63, 3.8) is 0 Å². The van der Waals surface area contributed by atoms with E-state index in [0.717, 1.165) is 21.8 Å². The summed E-state index contributed by atoms with van der Waals surface area (Å²) in [6.45, 7) is 3.36. The van der Waals surface area contributed by atoms with E-state index >= 15 is 0 Å². The van der Waals surface area contributed by atoms with Crippen LogP contribution >= 0.6 is 0 Å². The molecule has 4 aromatic rings. The zero-order valence-electron chi connectivity index (χ0n) is 18.5. The number of benzene rings is 2. The maximum absolute atomic E-state index is 12.7. The number of aliphatic hydroxyl groups is 1. The van der Waals surface area contributed by atoms with Gasteiger partial charge in [-0.15, -0.1) is 0 Å². The number of H-pyrrole nitrogens is 1. The van der Waals surface area contributed by atoms with E-state index in [1.807, 2.05) is 47.4 Å². The Morgan fingerprint density at radius 1 is 1.09 bits per heavy atom. The number of hydrogen-bond donors (Lipinski definition) is 2. The molecule has 1 fully saturated rings. The predicted molar refractivity (Wildman–Crippen MR) is 125 cm³/mol. The van der Waals surface area contributed by atoms with Crippen molar-refractivity contribution in [1.29, 1.82) is 0 Å². The molecule has 10 heteroatoms. The number of nitrogens with zero attached hydrogens (tertiary/aromatic N) is 3. The number of furan rings is 1. The number of fused-ring (bicyclic) bond motifs is 3. The molecule has 0 spiro atoms. The predicted octanol–water partition coefficient (Wildman–Crippen LogP) is 3.37. The highest BCUT2D eigenvalue weighted by Crippen LogP contribution is 2.34. The number of aromatic nitrogens is 1. The fourth-order valence-electron chi connectivity index (χ4n) is 4.45. The number of para-hydroxylation sites is 1. The average Bonchev–Trinajstić information content (AvgIpc) is 3.48. The largest absolute Gasteiger partial charge is 0.472 e. The van der Waals surface area contributed by atoms with E-state index in [-0.39, 0.29) is 5.76 Å². The van der Waals surface area contributed by atoms with Gasteiger partial charge < -0.3 is 24.1 Å². The van der Waals surface area contributed by atoms with Crippen molar-refractivity contribution < 1.29 is 24.0 Å². The van der Waals surface area contributed by atoms with E-state index < -0.39 is 29.0 Å². The molecular formula is C24H24N4O6. The van der Waals surface area contributed by atoms with Gasteiger partial charge in [0, 0.05) is 42.5 Å². The van der Waals surface area contributed by atoms with Crippen LogP contribution in [0.25, 0.3) is 21.8 Å². The van der Waals surface area contributed by atoms with Crippen LogP contribution in [0.5, 0.6) is 5.75 Å². The van der Waals surface area contributed by atoms with Crippen LogP contribution in [0.15, 0.2) is 59.0 Å². The lowest BCUT2D eigenvalue weighted by Gasteiger charge is -2.39. The molecule has 2 unspecified atom stereocenters. The van der Waals surface area contributed by atoms with Crippen LogP contribution in [0.2, 0.25) is 0 Å². The number of aromatic amines is 1. The maximum atomic E-state index is 12.7. The van der Waals surface area contributed by atoms with Gasteiger partial charge in [-0.2, -0.15) is 0 Å². The number of carbonyl (C=O) groups excluding carboxylic acids is 1. The molecule has 1 aliphatic rings. The minimum absolute atomic E-state index is 0.0607. The standard InChI is InChI=1S/C24H24N4O6/c1-15(29)24(34-19-8-4-7-18-22(19)16-5-2-3-6-17(16)25-18)27-13-11-26(12-14-27)23(30)20-9-10-21(33-20)28(31)32/h2-10,15,24-25,29H,11-14H2,1H3. The smallest absolute Gasteiger partial charge is 0.433 e. The van der Waals surface area contributed by atoms with Crippen molar-refractivity contribution in [3.05, 3.63) is 70.5 Å². The fraction of sp³-hybridized carbons (Fsp3) is 0.292. The number of aliphatic hydroxyl groups excluding tert-OH is 1. The first-order valence-electron chi connectivity index (χ1n) is 11.0. The van der Waals surface area contributed by atoms with E-state index in [1.54, 1.807) is 11.8 Å². The molecule has 2 aromatic carbocycles. The van der Waals surface area contributed by atoms with Gasteiger partial charge in [-0.05, 0) is 31.2 Å². The van der Waals surface area contributed by atoms with E-state index in [2.05, 4.69) is 4.98 Å². The molecule has 5 rings (SSSR count). The number of amides is 1. The van der Waals surface area contributed by atoms with Gasteiger partial charge >= 0.3 is 5.88 Å². The fourth-order valence-corrected chi connectivity index (χ4v) is 4.45. The van der Waals surface area contributed by atoms with Crippen molar-refractivity contribution in [2.45, 2.75) is 19.3 Å². The summed E-state index contributed by atoms with van der Waals surface area (Å²) in [6.07, 6.45) is -1.39. The number of nitrogens with one attached hydrogen (secondary N) is 1. The summed E-state index contributed by atoms with van der Waals surface area (Å²) < 4.78 is 11.4. The number of rotatable bonds is 6. The summed E-state index contributed by atoms with van der Waals surface area (Å²) in [5, 5.41) is 23.4. The molecule has 1 amide bonds. The Bertz CT molecular complexity index is 1350. The van der Waals surface area contributed by atoms with Crippen LogP contribution in [0.3, 0.4) is 0 Å². The molecular weight excluding hydrogens is 440 g/mol. The van der Waals surface area contributed by atoms with Crippen molar-refractivity contribution in [2.24, 2.45) is 0 Å². The van der Waals surface area contributed by atoms with Gasteiger partial charge in [0.05, 0.1) is 11.6 Å². The molecule has 0 radical (unpaired) electrons. The van der Waals surface area contributed by atoms with Gasteiger partial charge in [-0.3, -0.25) is 19.8 Å². The highest BCUT2D eigenvalue weighted by Gasteiger charge is 2.32. The molecule has 176 valence electrons. The summed E-state index contributed by atoms with van der Waals surface area (Å²) >= 11 is 0. The van der Waals surface area contributed by atoms with Crippen LogP contribution in [0, 0.1) is 10.1 Å². The summed E-state index contributed by atoms with van der Waals surface area (Å²) in [7, 11) is 0. The highest BCUT2D eigenvalue weighted by molar-refractivity contribution is 6.10. The van der Waals surface area contributed by atoms with E-state index in [9.17, 15) is 20.0 Å². The number of carbonyl (C=O) groups is 1. The molecule has 1 aliphatic heterocycles. The van der Waals surface area contributed by atoms with Gasteiger partial charge in [-0.1, -0.05) is 24.3 Å². The minimum Gasteiger partial charge on any atom is -0.472 e. The lowest BCUT2D eigenvalue weighted by atomic mass is 10.1. The Kier molecular flexibility index (Phi) is 5.68. The summed E-state index contributed by atoms with van der Waals surface area (Å²) in [5.41, 5.74) is 1.96. The Morgan fingerprint density at radius 2 is 1.82 bits per heavy atom. The van der Waals surface area contributed by atoms with Crippen LogP contribution in [0.4, 0.5) is 5.88 Å². The third-order valence-corrected chi connectivity index (χ3v) is 6.10. The van der Waals surface area contributed by atoms with Crippen molar-refractivity contribution in [2.75, 3.05) is 26.2 Å². The molecule has 1 saturated heterocycles. The second-order valence-electron chi connectivity index (χ2n) is 8.32. The number of nitro groups is 1. The Hall–Kier alpha value is -3.89. The molecule has 0 saturated carbocycles. The SMILES string of the molecule is CC(O)C(Oc1cccc2[nH]c3ccccc3c12)N1CCN(C(=O)c2ccc([N+](=O)[O-])o2)CC1. The first-order valence-corrected chi connectivity index (χ1v) is 11.0. The monoisotopic (exact) mass is 464 g/mol. The van der Waals surface area contributed by atoms with Gasteiger partial charge in [0.1, 0.15) is 16.8 Å². The second-order valence-corrected chi connectivity index (χ2v) is 8.32. The van der Waals surface area contributed by atoms with Crippen molar-refractivity contribution in [1.82, 2.24) is 14.8 Å². The Balaban J connectivity index is 1.32. The molecule has 10 nitrogen and oxygen atoms in total. The molecule has 0 bridgehead atoms. The molecule has 3 heterocycles. The summed E-state index contributed by atoms with van der Waals surface area (Å²) in [5.74, 6) is -0.251. The molecule has 2 atom stereocenters. The third kappa shape index (κ3) is 3.97. The van der Waals surface area contributed by atoms with Crippen LogP contribution in [0.1, 0.15) is 17.5 Å². The minimum atomic E-state index is -0.782. The topological polar surface area (TPSA) is 125 Å². The normalized spacial score (nSPS) is 16.6. The number of piperazine rings is 1. The van der Waals surface area contributed by atoms with Gasteiger partial charge in [0.15, 0.2) is 12.0 Å². The Morgan fingerprint density at radius 3 is 2.53 bits per heavy atom. The average molecular weight is 464 g/mol. The maximum Gasteiger partial charge on any atom is 0.433 e. The van der Waals surface area contributed by atoms with Gasteiger partial charge in [-0.25, -0.2) is 0 Å². The third-order valence-electron chi connectivity index (χ3n) is 6.10. The van der Waals surface area contributed by atoms with E-state index in [0.29, 0.717) is 31.9 Å². The van der Waals surface area contributed by atoms with E-state index in [1.165, 1.54) is 12.1 Å². The molecule has 0 aliphatic carbocycles. The second kappa shape index (κ2) is 8.81.